The van der Waals surface area contributed by atoms with Crippen LogP contribution >= 0.6 is 0 Å². The number of nitrogens with zero attached hydrogens (tertiary/aromatic N) is 4. The summed E-state index contributed by atoms with van der Waals surface area (Å²) < 4.78 is 7.89. The Kier molecular flexibility index (Phi) is 4.85. The van der Waals surface area contributed by atoms with Crippen LogP contribution in [0.1, 0.15) is 11.4 Å². The maximum atomic E-state index is 12.9. The molecule has 0 aliphatic rings. The monoisotopic (exact) mass is 391 g/mol. The van der Waals surface area contributed by atoms with Crippen molar-refractivity contribution in [1.29, 1.82) is 0 Å². The summed E-state index contributed by atoms with van der Waals surface area (Å²) in [5.74, 6) is 0.221. The number of pyridine rings is 1. The lowest BCUT2D eigenvalue weighted by atomic mass is 9.99. The van der Waals surface area contributed by atoms with Crippen LogP contribution in [0, 0.1) is 13.8 Å². The number of fused-ring (bicyclic) bond motifs is 1. The number of methoxy groups -OCH3 is 1. The Morgan fingerprint density at radius 3 is 2.45 bits per heavy atom. The van der Waals surface area contributed by atoms with E-state index in [0.29, 0.717) is 18.8 Å². The van der Waals surface area contributed by atoms with Crippen molar-refractivity contribution in [3.8, 4) is 22.4 Å². The number of nitrogens with one attached hydrogen (secondary N) is 1. The van der Waals surface area contributed by atoms with Gasteiger partial charge in [-0.15, -0.1) is 9.50 Å². The second-order valence-corrected chi connectivity index (χ2v) is 6.92. The van der Waals surface area contributed by atoms with Gasteiger partial charge in [0.25, 0.3) is 0 Å². The van der Waals surface area contributed by atoms with Crippen molar-refractivity contribution in [2.24, 2.45) is 0 Å². The molecular formula is C21H23N6O2+. The molecule has 4 rings (SSSR count). The number of anilines is 1. The first kappa shape index (κ1) is 18.8. The fourth-order valence-corrected chi connectivity index (χ4v) is 3.54. The molecule has 0 spiro atoms. The Bertz CT molecular complexity index is 1220. The molecular weight excluding hydrogens is 368 g/mol. The molecule has 0 amide bonds. The Balaban J connectivity index is 2.11. The van der Waals surface area contributed by atoms with Gasteiger partial charge in [0.05, 0.1) is 18.7 Å². The van der Waals surface area contributed by atoms with Gasteiger partial charge in [0.15, 0.2) is 0 Å². The first-order valence-corrected chi connectivity index (χ1v) is 9.34. The molecule has 3 N–H and O–H groups in total. The highest BCUT2D eigenvalue weighted by atomic mass is 16.5. The Morgan fingerprint density at radius 1 is 1.10 bits per heavy atom. The van der Waals surface area contributed by atoms with E-state index < -0.39 is 0 Å². The highest BCUT2D eigenvalue weighted by Gasteiger charge is 2.25. The van der Waals surface area contributed by atoms with Gasteiger partial charge < -0.3 is 4.74 Å². The molecule has 0 unspecified atom stereocenters. The van der Waals surface area contributed by atoms with Gasteiger partial charge >= 0.3 is 11.6 Å². The van der Waals surface area contributed by atoms with E-state index >= 15 is 0 Å². The van der Waals surface area contributed by atoms with Crippen molar-refractivity contribution in [2.45, 2.75) is 20.4 Å². The third-order valence-corrected chi connectivity index (χ3v) is 4.75. The number of aromatic amines is 1. The summed E-state index contributed by atoms with van der Waals surface area (Å²) in [5.41, 5.74) is 11.7. The van der Waals surface area contributed by atoms with Crippen LogP contribution in [0.2, 0.25) is 0 Å². The van der Waals surface area contributed by atoms with E-state index in [4.69, 9.17) is 10.5 Å². The predicted octanol–water partition coefficient (Wildman–Crippen LogP) is 1.88. The maximum Gasteiger partial charge on any atom is 0.411 e. The number of ether oxygens (including phenoxy) is 1. The van der Waals surface area contributed by atoms with Crippen molar-refractivity contribution in [2.75, 3.05) is 19.5 Å². The third-order valence-electron chi connectivity index (χ3n) is 4.75. The molecule has 0 fully saturated rings. The molecule has 0 bridgehead atoms. The Labute approximate surface area is 167 Å². The summed E-state index contributed by atoms with van der Waals surface area (Å²) in [7, 11) is 1.59. The molecule has 0 radical (unpaired) electrons. The van der Waals surface area contributed by atoms with Crippen molar-refractivity contribution >= 4 is 11.6 Å². The van der Waals surface area contributed by atoms with E-state index in [-0.39, 0.29) is 11.6 Å². The van der Waals surface area contributed by atoms with Gasteiger partial charge in [-0.1, -0.05) is 30.3 Å². The first-order chi connectivity index (χ1) is 14.0. The summed E-state index contributed by atoms with van der Waals surface area (Å²) in [4.78, 5) is 20.6. The summed E-state index contributed by atoms with van der Waals surface area (Å²) in [6.07, 6.45) is 0. The summed E-state index contributed by atoms with van der Waals surface area (Å²) >= 11 is 0. The van der Waals surface area contributed by atoms with Crippen LogP contribution in [-0.2, 0) is 11.3 Å². The molecule has 29 heavy (non-hydrogen) atoms. The highest BCUT2D eigenvalue weighted by Crippen LogP contribution is 2.32. The summed E-state index contributed by atoms with van der Waals surface area (Å²) in [6, 6.07) is 13.8. The molecule has 0 aliphatic carbocycles. The number of nitrogens with two attached hydrogens (primary N) is 1. The van der Waals surface area contributed by atoms with Crippen molar-refractivity contribution in [3.05, 3.63) is 64.3 Å². The molecule has 8 heteroatoms. The van der Waals surface area contributed by atoms with Crippen LogP contribution in [0.3, 0.4) is 0 Å². The van der Waals surface area contributed by atoms with E-state index in [1.54, 1.807) is 7.11 Å². The molecule has 4 aromatic rings. The highest BCUT2D eigenvalue weighted by molar-refractivity contribution is 5.88. The molecule has 0 aliphatic heterocycles. The fourth-order valence-electron chi connectivity index (χ4n) is 3.54. The van der Waals surface area contributed by atoms with Crippen LogP contribution in [0.25, 0.3) is 28.0 Å². The lowest BCUT2D eigenvalue weighted by Gasteiger charge is -2.10. The van der Waals surface area contributed by atoms with Gasteiger partial charge in [-0.2, -0.15) is 4.68 Å². The minimum absolute atomic E-state index is 0.221. The number of aryl methyl sites for hydroxylation is 2. The van der Waals surface area contributed by atoms with Gasteiger partial charge in [0.1, 0.15) is 5.69 Å². The smallest absolute Gasteiger partial charge is 0.383 e. The number of nitrogen functional groups attached to an aromatic ring is 1. The number of rotatable bonds is 5. The van der Waals surface area contributed by atoms with Crippen molar-refractivity contribution < 1.29 is 9.72 Å². The average molecular weight is 391 g/mol. The fraction of sp³-hybridized carbons (Fsp3) is 0.238. The van der Waals surface area contributed by atoms with Gasteiger partial charge in [-0.05, 0) is 31.5 Å². The number of hydrogen-bond acceptors (Lipinski definition) is 5. The van der Waals surface area contributed by atoms with Crippen LogP contribution in [0.5, 0.6) is 0 Å². The largest absolute Gasteiger partial charge is 0.411 e. The molecule has 0 saturated heterocycles. The second kappa shape index (κ2) is 7.48. The molecule has 1 aromatic carbocycles. The standard InChI is InChI=1S/C21H22N6O2/c1-13-11-16(12-14(2)23-13)17-18(15-7-5-4-6-8-15)24-20(22)27-19(17)25-26(21(27)28)9-10-29-3/h4-8,11-12H,9-10H2,1-3H3,(H2,22,24)/p+1. The van der Waals surface area contributed by atoms with Crippen LogP contribution in [0.4, 0.5) is 5.95 Å². The van der Waals surface area contributed by atoms with Crippen molar-refractivity contribution in [3.63, 3.8) is 0 Å². The van der Waals surface area contributed by atoms with E-state index in [2.05, 4.69) is 15.1 Å². The number of H-pyrrole nitrogens is 1. The first-order valence-electron chi connectivity index (χ1n) is 9.34. The quantitative estimate of drug-likeness (QED) is 0.560. The van der Waals surface area contributed by atoms with E-state index in [0.717, 1.165) is 33.8 Å². The molecule has 0 atom stereocenters. The SMILES string of the molecule is COCCn1nc2c(-c3cc(C)nc(C)c3)c(-c3ccccc3)[nH+]c(N)n2c1=O. The lowest BCUT2D eigenvalue weighted by Crippen LogP contribution is -2.28. The summed E-state index contributed by atoms with van der Waals surface area (Å²) in [6.45, 7) is 4.60. The third kappa shape index (κ3) is 3.38. The number of benzene rings is 1. The minimum atomic E-state index is -0.311. The molecule has 3 heterocycles. The van der Waals surface area contributed by atoms with Gasteiger partial charge in [-0.25, -0.2) is 9.78 Å². The van der Waals surface area contributed by atoms with Crippen LogP contribution < -0.4 is 16.4 Å². The van der Waals surface area contributed by atoms with E-state index in [1.807, 2.05) is 56.3 Å². The van der Waals surface area contributed by atoms with E-state index in [1.165, 1.54) is 9.08 Å². The predicted molar refractivity (Wildman–Crippen MR) is 110 cm³/mol. The van der Waals surface area contributed by atoms with Gasteiger partial charge in [0.2, 0.25) is 5.65 Å². The van der Waals surface area contributed by atoms with Crippen LogP contribution in [-0.4, -0.2) is 32.9 Å². The topological polar surface area (TPSA) is 102 Å². The zero-order valence-corrected chi connectivity index (χ0v) is 16.6. The molecule has 3 aromatic heterocycles. The van der Waals surface area contributed by atoms with Crippen LogP contribution in [0.15, 0.2) is 47.3 Å². The van der Waals surface area contributed by atoms with Crippen molar-refractivity contribution in [1.82, 2.24) is 19.2 Å². The Hall–Kier alpha value is -3.52. The van der Waals surface area contributed by atoms with Gasteiger partial charge in [-0.3, -0.25) is 10.7 Å². The lowest BCUT2D eigenvalue weighted by molar-refractivity contribution is -0.351. The minimum Gasteiger partial charge on any atom is -0.383 e. The zero-order chi connectivity index (χ0) is 20.5. The van der Waals surface area contributed by atoms with E-state index in [9.17, 15) is 4.79 Å². The maximum absolute atomic E-state index is 12.9. The Morgan fingerprint density at radius 2 is 1.79 bits per heavy atom. The normalized spacial score (nSPS) is 11.3. The number of hydrogen-bond donors (Lipinski definition) is 1. The second-order valence-electron chi connectivity index (χ2n) is 6.92. The summed E-state index contributed by atoms with van der Waals surface area (Å²) in [5, 5.41) is 4.60. The number of aromatic nitrogens is 5. The molecule has 148 valence electrons. The molecule has 0 saturated carbocycles. The molecule has 8 nitrogen and oxygen atoms in total. The van der Waals surface area contributed by atoms with Gasteiger partial charge in [0, 0.05) is 24.1 Å². The zero-order valence-electron chi connectivity index (χ0n) is 16.6. The average Bonchev–Trinajstić information content (AvgIpc) is 3.03.